The monoisotopic (exact) mass is 1620 g/mol. The van der Waals surface area contributed by atoms with E-state index in [-0.39, 0.29) is 94.3 Å². The molecule has 0 bridgehead atoms. The van der Waals surface area contributed by atoms with Gasteiger partial charge in [-0.3, -0.25) is 29.0 Å². The minimum Gasteiger partial charge on any atom is -0.480 e. The van der Waals surface area contributed by atoms with Gasteiger partial charge >= 0.3 is 0 Å². The molecule has 10 heterocycles. The number of ketones is 4. The van der Waals surface area contributed by atoms with Crippen molar-refractivity contribution in [2.75, 3.05) is 76.1 Å². The Balaban J connectivity index is 0.000000137. The summed E-state index contributed by atoms with van der Waals surface area (Å²) in [7, 11) is 1.48. The number of hydrogen-bond acceptors (Lipinski definition) is 35. The highest BCUT2D eigenvalue weighted by Gasteiger charge is 2.30. The van der Waals surface area contributed by atoms with Crippen LogP contribution in [-0.2, 0) is 9.47 Å². The van der Waals surface area contributed by atoms with Crippen LogP contribution in [-0.4, -0.2) is 205 Å². The standard InChI is InChI=1S/C21H26N8O2.C20H24N8O2.2C19H22N8O2/c1-13(30)18-19(25-14-6-5-7-15(12-14)29-23-10-11-24-29)27-21(28-20(18)31-2)26-17-9-4-3-8-16(17)22;1-12(29)17-18(24-13-5-4-6-14(11-13)28-22-9-10-23-28)26-20(27-19(17)30)25-16-8-3-2-7-15(16)21;1-12(28)15-10-21-19(25-17-5-8-29-11-16(17)20)26-18(15)24-13-3-2-4-14(9-13)27-22-6-7-23-27;1-12(28)15-10-21-19(25-17-11-29-8-5-16(17)20)26-18(15)24-13-3-2-4-14(9-13)27-22-6-7-23-27/h5-7,10-12,16-17H,3-4,8-9,22H2,1-2H3,(H2,25,26,27,28);4-6,9-11,15-16H,2-3,7-8,21H2,1H3,(H3,24,25,26,27,30);2*2-4,6-7,9-10,16-17H,5,8,11,20H2,1H3,(H2,21,24,25,26)/t16-,17+;15-,16+;2*16-,17+/m0000/s1. The zero-order chi connectivity index (χ0) is 83.3. The summed E-state index contributed by atoms with van der Waals surface area (Å²) < 4.78 is 16.3. The van der Waals surface area contributed by atoms with Crippen LogP contribution in [0.15, 0.2) is 164 Å². The van der Waals surface area contributed by atoms with Gasteiger partial charge in [-0.2, -0.15) is 84.9 Å². The number of nitrogens with two attached hydrogens (primary N) is 4. The van der Waals surface area contributed by atoms with Crippen molar-refractivity contribution >= 4 is 92.9 Å². The van der Waals surface area contributed by atoms with E-state index in [4.69, 9.17) is 37.1 Å². The largest absolute Gasteiger partial charge is 0.480 e. The van der Waals surface area contributed by atoms with E-state index < -0.39 is 5.56 Å². The average Bonchev–Trinajstić information content (AvgIpc) is 1.76. The molecule has 40 nitrogen and oxygen atoms in total. The highest BCUT2D eigenvalue weighted by atomic mass is 16.5. The molecule has 0 radical (unpaired) electrons. The third-order valence-corrected chi connectivity index (χ3v) is 19.8. The van der Waals surface area contributed by atoms with Crippen molar-refractivity contribution in [1.82, 2.24) is 99.8 Å². The lowest BCUT2D eigenvalue weighted by Gasteiger charge is -2.29. The number of carbonyl (C=O) groups excluding carboxylic acids is 4. The maximum absolute atomic E-state index is 12.6. The van der Waals surface area contributed by atoms with Gasteiger partial charge in [-0.1, -0.05) is 49.9 Å². The molecule has 0 unspecified atom stereocenters. The molecule has 2 aliphatic heterocycles. The number of carbonyl (C=O) groups is 4. The van der Waals surface area contributed by atoms with Crippen molar-refractivity contribution in [3.63, 3.8) is 0 Å². The van der Waals surface area contributed by atoms with Crippen LogP contribution in [0.25, 0.3) is 22.7 Å². The summed E-state index contributed by atoms with van der Waals surface area (Å²) in [6.07, 6.45) is 25.5. The van der Waals surface area contributed by atoms with E-state index in [1.54, 1.807) is 55.6 Å². The van der Waals surface area contributed by atoms with Crippen molar-refractivity contribution in [2.24, 2.45) is 22.9 Å². The predicted molar refractivity (Wildman–Crippen MR) is 445 cm³/mol. The molecule has 119 heavy (non-hydrogen) atoms. The van der Waals surface area contributed by atoms with Gasteiger partial charge in [-0.15, -0.1) is 0 Å². The van der Waals surface area contributed by atoms with Crippen LogP contribution in [0, 0.1) is 0 Å². The first-order chi connectivity index (χ1) is 57.7. The second-order valence-electron chi connectivity index (χ2n) is 28.5. The number of nitrogens with zero attached hydrogens (tertiary/aromatic N) is 19. The first kappa shape index (κ1) is 83.2. The fourth-order valence-corrected chi connectivity index (χ4v) is 13.6. The molecule has 2 saturated heterocycles. The molecule has 8 atom stereocenters. The fraction of sp³-hybridized carbons (Fsp3) is 0.342. The third kappa shape index (κ3) is 22.0. The fourth-order valence-electron chi connectivity index (χ4n) is 13.6. The zero-order valence-electron chi connectivity index (χ0n) is 66.1. The van der Waals surface area contributed by atoms with E-state index in [1.165, 1.54) is 66.4 Å². The van der Waals surface area contributed by atoms with Crippen molar-refractivity contribution in [3.8, 4) is 28.6 Å². The molecule has 12 aromatic rings. The number of rotatable bonds is 25. The van der Waals surface area contributed by atoms with Gasteiger partial charge in [-0.05, 0) is 139 Å². The topological polar surface area (TPSA) is 542 Å². The van der Waals surface area contributed by atoms with Crippen LogP contribution in [0.5, 0.6) is 5.88 Å². The smallest absolute Gasteiger partial charge is 0.265 e. The van der Waals surface area contributed by atoms with Crippen molar-refractivity contribution in [2.45, 2.75) is 140 Å². The third-order valence-electron chi connectivity index (χ3n) is 19.8. The summed E-state index contributed by atoms with van der Waals surface area (Å²) in [6, 6.07) is 29.6. The number of anilines is 12. The summed E-state index contributed by atoms with van der Waals surface area (Å²) >= 11 is 0. The normalized spacial score (nSPS) is 18.8. The van der Waals surface area contributed by atoms with Gasteiger partial charge in [0, 0.05) is 90.6 Å². The number of ether oxygens (including phenoxy) is 3. The van der Waals surface area contributed by atoms with Gasteiger partial charge in [0.05, 0.1) is 110 Å². The summed E-state index contributed by atoms with van der Waals surface area (Å²) in [5, 5.41) is 58.8. The molecule has 8 aromatic heterocycles. The molecule has 40 heteroatoms. The summed E-state index contributed by atoms with van der Waals surface area (Å²) in [5.41, 5.74) is 31.2. The van der Waals surface area contributed by atoms with E-state index in [0.717, 1.165) is 104 Å². The number of aromatic nitrogens is 20. The molecule has 4 aromatic carbocycles. The highest BCUT2D eigenvalue weighted by Crippen LogP contribution is 2.32. The van der Waals surface area contributed by atoms with Gasteiger partial charge < -0.3 is 79.7 Å². The Morgan fingerprint density at radius 1 is 0.412 bits per heavy atom. The van der Waals surface area contributed by atoms with E-state index in [1.807, 2.05) is 91.0 Å². The maximum Gasteiger partial charge on any atom is 0.265 e. The Morgan fingerprint density at radius 3 is 1.19 bits per heavy atom. The lowest BCUT2D eigenvalue weighted by Crippen LogP contribution is -2.47. The number of benzene rings is 4. The molecule has 0 amide bonds. The molecule has 2 saturated carbocycles. The number of aromatic amines is 1. The molecule has 17 N–H and O–H groups in total. The highest BCUT2D eigenvalue weighted by molar-refractivity contribution is 6.02. The Morgan fingerprint density at radius 2 is 0.782 bits per heavy atom. The second-order valence-corrected chi connectivity index (χ2v) is 28.5. The summed E-state index contributed by atoms with van der Waals surface area (Å²) in [6.45, 7) is 8.02. The average molecular weight is 1620 g/mol. The first-order valence-electron chi connectivity index (χ1n) is 38.8. The lowest BCUT2D eigenvalue weighted by molar-refractivity contribution is 0.0751. The molecule has 4 fully saturated rings. The van der Waals surface area contributed by atoms with Crippen molar-refractivity contribution < 1.29 is 33.4 Å². The Labute approximate surface area is 682 Å². The first-order valence-corrected chi connectivity index (χ1v) is 38.8. The number of methoxy groups -OCH3 is 1. The number of hydrogen-bond donors (Lipinski definition) is 13. The van der Waals surface area contributed by atoms with Gasteiger partial charge in [0.15, 0.2) is 34.8 Å². The van der Waals surface area contributed by atoms with E-state index in [0.29, 0.717) is 84.5 Å². The Bertz CT molecular complexity index is 5300. The van der Waals surface area contributed by atoms with Crippen LogP contribution < -0.4 is 75.8 Å². The van der Waals surface area contributed by atoms with E-state index in [2.05, 4.69) is 123 Å². The van der Waals surface area contributed by atoms with Crippen molar-refractivity contribution in [1.29, 1.82) is 0 Å². The van der Waals surface area contributed by atoms with Gasteiger partial charge in [0.2, 0.25) is 29.7 Å². The summed E-state index contributed by atoms with van der Waals surface area (Å²) in [4.78, 5) is 101. The minimum atomic E-state index is -0.503. The number of nitrogens with one attached hydrogen (secondary N) is 9. The molecular formula is C79H94N32O8. The SMILES string of the molecule is CC(=O)c1c(Nc2cccc(-n3nccn3)c2)nc(N[C@@H]2CCCC[C@@H]2N)[nH]c1=O.CC(=O)c1cnc(N[C@@H]2CCOC[C@@H]2N)nc1Nc1cccc(-n2nccn2)c1.CC(=O)c1cnc(N[C@@H]2COCC[C@@H]2N)nc1Nc1cccc(-n2nccn2)c1.COc1nc(N[C@@H]2CCCC[C@@H]2N)nc(Nc2cccc(-n3nccn3)c2)c1C(C)=O. The van der Waals surface area contributed by atoms with Crippen LogP contribution in [0.1, 0.15) is 133 Å². The molecule has 2 aliphatic carbocycles. The van der Waals surface area contributed by atoms with Crippen LogP contribution in [0.4, 0.5) is 69.8 Å². The van der Waals surface area contributed by atoms with Gasteiger partial charge in [-0.25, -0.2) is 9.97 Å². The minimum absolute atomic E-state index is 0.00815. The zero-order valence-corrected chi connectivity index (χ0v) is 66.1. The number of Topliss-reactive ketones (excluding diaryl/α,β-unsaturated/α-hetero) is 4. The lowest BCUT2D eigenvalue weighted by atomic mass is 9.91. The second kappa shape index (κ2) is 39.7. The van der Waals surface area contributed by atoms with E-state index >= 15 is 0 Å². The molecular weight excluding hydrogens is 1530 g/mol. The van der Waals surface area contributed by atoms with Gasteiger partial charge in [0.1, 0.15) is 22.8 Å². The predicted octanol–water partition coefficient (Wildman–Crippen LogP) is 7.74. The molecule has 16 rings (SSSR count). The van der Waals surface area contributed by atoms with Crippen molar-refractivity contribution in [3.05, 3.63) is 192 Å². The Kier molecular flexibility index (Phi) is 27.7. The molecule has 0 spiro atoms. The molecule has 4 aliphatic rings. The van der Waals surface area contributed by atoms with Crippen LogP contribution in [0.2, 0.25) is 0 Å². The number of H-pyrrole nitrogens is 1. The van der Waals surface area contributed by atoms with Gasteiger partial charge in [0.25, 0.3) is 5.56 Å². The van der Waals surface area contributed by atoms with E-state index in [9.17, 15) is 24.0 Å². The van der Waals surface area contributed by atoms with Crippen LogP contribution in [0.3, 0.4) is 0 Å². The quantitative estimate of drug-likeness (QED) is 0.0243. The summed E-state index contributed by atoms with van der Waals surface area (Å²) in [5.74, 6) is 2.18. The Hall–Kier alpha value is -13.8. The van der Waals surface area contributed by atoms with Crippen LogP contribution >= 0.6 is 0 Å². The maximum atomic E-state index is 12.6. The molecule has 618 valence electrons.